The molecule has 144 valence electrons. The molecule has 0 saturated carbocycles. The van der Waals surface area contributed by atoms with E-state index in [2.05, 4.69) is 33.7 Å². The van der Waals surface area contributed by atoms with Crippen LogP contribution in [0.4, 0.5) is 5.69 Å². The lowest BCUT2D eigenvalue weighted by atomic mass is 10.1. The largest absolute Gasteiger partial charge is 0.494 e. The third kappa shape index (κ3) is 3.28. The molecule has 0 unspecified atom stereocenters. The summed E-state index contributed by atoms with van der Waals surface area (Å²) in [5.74, 6) is 0.542. The number of nitrogens with zero attached hydrogens (tertiary/aromatic N) is 1. The zero-order chi connectivity index (χ0) is 19.8. The first-order valence-corrected chi connectivity index (χ1v) is 10.8. The first-order valence-electron chi connectivity index (χ1n) is 9.09. The molecule has 5 aromatic rings. The number of amides is 1. The van der Waals surface area contributed by atoms with Crippen molar-refractivity contribution >= 4 is 55.3 Å². The van der Waals surface area contributed by atoms with Gasteiger partial charge in [0.25, 0.3) is 0 Å². The van der Waals surface area contributed by atoms with E-state index in [-0.39, 0.29) is 5.91 Å². The fraction of sp³-hybridized carbons (Fsp3) is 0.0909. The normalized spacial score (nSPS) is 11.2. The number of aromatic nitrogens is 2. The Morgan fingerprint density at radius 2 is 2.07 bits per heavy atom. The minimum atomic E-state index is -0.0722. The Labute approximate surface area is 175 Å². The lowest BCUT2D eigenvalue weighted by Crippen LogP contribution is -2.14. The topological polar surface area (TPSA) is 67.0 Å². The van der Waals surface area contributed by atoms with Gasteiger partial charge in [-0.05, 0) is 41.1 Å². The van der Waals surface area contributed by atoms with Crippen LogP contribution in [0.3, 0.4) is 0 Å². The van der Waals surface area contributed by atoms with E-state index in [4.69, 9.17) is 4.74 Å². The zero-order valence-corrected chi connectivity index (χ0v) is 17.2. The quantitative estimate of drug-likeness (QED) is 0.384. The number of anilines is 1. The molecule has 0 fully saturated rings. The van der Waals surface area contributed by atoms with Gasteiger partial charge in [0.15, 0.2) is 5.75 Å². The Balaban J connectivity index is 1.56. The van der Waals surface area contributed by atoms with Crippen LogP contribution in [0.1, 0.15) is 4.88 Å². The molecular formula is C22H17N3O2S2. The lowest BCUT2D eigenvalue weighted by molar-refractivity contribution is -0.115. The van der Waals surface area contributed by atoms with E-state index in [0.29, 0.717) is 17.9 Å². The van der Waals surface area contributed by atoms with Gasteiger partial charge in [0.1, 0.15) is 5.69 Å². The minimum Gasteiger partial charge on any atom is -0.494 e. The van der Waals surface area contributed by atoms with Gasteiger partial charge in [-0.1, -0.05) is 24.3 Å². The summed E-state index contributed by atoms with van der Waals surface area (Å²) in [6.07, 6.45) is 0.341. The van der Waals surface area contributed by atoms with Crippen LogP contribution in [0.15, 0.2) is 60.0 Å². The molecule has 0 saturated heterocycles. The second-order valence-corrected chi connectivity index (χ2v) is 8.71. The third-order valence-electron chi connectivity index (χ3n) is 4.73. The number of methoxy groups -OCH3 is 1. The number of H-pyrrole nitrogens is 1. The molecule has 0 aliphatic rings. The van der Waals surface area contributed by atoms with E-state index in [1.807, 2.05) is 41.8 Å². The predicted octanol–water partition coefficient (Wildman–Crippen LogP) is 5.70. The molecule has 2 aromatic carbocycles. The Bertz CT molecular complexity index is 1290. The van der Waals surface area contributed by atoms with Crippen LogP contribution >= 0.6 is 22.7 Å². The monoisotopic (exact) mass is 419 g/mol. The van der Waals surface area contributed by atoms with Gasteiger partial charge in [-0.25, -0.2) is 0 Å². The van der Waals surface area contributed by atoms with E-state index in [0.717, 1.165) is 26.4 Å². The number of fused-ring (bicyclic) bond motifs is 2. The summed E-state index contributed by atoms with van der Waals surface area (Å²) in [4.78, 5) is 14.6. The molecule has 0 radical (unpaired) electrons. The minimum absolute atomic E-state index is 0.0722. The van der Waals surface area contributed by atoms with Gasteiger partial charge in [-0.15, -0.1) is 22.7 Å². The van der Waals surface area contributed by atoms with Crippen molar-refractivity contribution in [1.29, 1.82) is 0 Å². The summed E-state index contributed by atoms with van der Waals surface area (Å²) in [5, 5.41) is 14.6. The molecule has 0 atom stereocenters. The van der Waals surface area contributed by atoms with Crippen molar-refractivity contribution in [3.8, 4) is 16.3 Å². The highest BCUT2D eigenvalue weighted by Crippen LogP contribution is 2.42. The van der Waals surface area contributed by atoms with Crippen LogP contribution in [0, 0.1) is 0 Å². The summed E-state index contributed by atoms with van der Waals surface area (Å²) in [7, 11) is 1.62. The van der Waals surface area contributed by atoms with Crippen molar-refractivity contribution in [2.75, 3.05) is 12.4 Å². The number of aromatic amines is 1. The highest BCUT2D eigenvalue weighted by molar-refractivity contribution is 7.22. The fourth-order valence-corrected chi connectivity index (χ4v) is 5.20. The number of carbonyl (C=O) groups excluding carboxylic acids is 1. The van der Waals surface area contributed by atoms with Crippen molar-refractivity contribution < 1.29 is 9.53 Å². The maximum atomic E-state index is 12.5. The van der Waals surface area contributed by atoms with Crippen molar-refractivity contribution in [3.05, 3.63) is 64.9 Å². The van der Waals surface area contributed by atoms with Crippen molar-refractivity contribution in [3.63, 3.8) is 0 Å². The second kappa shape index (κ2) is 7.35. The standard InChI is InChI=1S/C22H17N3O2S2/c1-27-22-16(23-19(26)12-14-6-4-10-28-14)9-8-15-20(22)21(25-24-15)18-11-13-5-2-3-7-17(13)29-18/h2-11H,12H2,1H3,(H,23,26)(H,24,25). The van der Waals surface area contributed by atoms with Crippen molar-refractivity contribution in [1.82, 2.24) is 10.2 Å². The van der Waals surface area contributed by atoms with Gasteiger partial charge in [0.05, 0.1) is 35.0 Å². The first kappa shape index (κ1) is 17.9. The summed E-state index contributed by atoms with van der Waals surface area (Å²) in [5.41, 5.74) is 2.34. The fourth-order valence-electron chi connectivity index (χ4n) is 3.44. The summed E-state index contributed by atoms with van der Waals surface area (Å²) >= 11 is 3.26. The number of nitrogens with one attached hydrogen (secondary N) is 2. The van der Waals surface area contributed by atoms with Crippen LogP contribution in [-0.4, -0.2) is 23.2 Å². The third-order valence-corrected chi connectivity index (χ3v) is 6.73. The summed E-state index contributed by atoms with van der Waals surface area (Å²) in [6, 6.07) is 18.1. The smallest absolute Gasteiger partial charge is 0.229 e. The molecule has 2 N–H and O–H groups in total. The number of benzene rings is 2. The van der Waals surface area contributed by atoms with Crippen LogP contribution in [0.5, 0.6) is 5.75 Å². The lowest BCUT2D eigenvalue weighted by Gasteiger charge is -2.11. The van der Waals surface area contributed by atoms with E-state index < -0.39 is 0 Å². The Kier molecular flexibility index (Phi) is 4.54. The van der Waals surface area contributed by atoms with Gasteiger partial charge < -0.3 is 10.1 Å². The van der Waals surface area contributed by atoms with Gasteiger partial charge >= 0.3 is 0 Å². The summed E-state index contributed by atoms with van der Waals surface area (Å²) < 4.78 is 6.93. The molecular weight excluding hydrogens is 402 g/mol. The highest BCUT2D eigenvalue weighted by Gasteiger charge is 2.19. The predicted molar refractivity (Wildman–Crippen MR) is 120 cm³/mol. The Morgan fingerprint density at radius 1 is 1.17 bits per heavy atom. The maximum Gasteiger partial charge on any atom is 0.229 e. The zero-order valence-electron chi connectivity index (χ0n) is 15.6. The van der Waals surface area contributed by atoms with Gasteiger partial charge in [0, 0.05) is 9.58 Å². The molecule has 3 heterocycles. The average Bonchev–Trinajstić information content (AvgIpc) is 3.46. The summed E-state index contributed by atoms with van der Waals surface area (Å²) in [6.45, 7) is 0. The molecule has 5 nitrogen and oxygen atoms in total. The van der Waals surface area contributed by atoms with Crippen LogP contribution in [0.2, 0.25) is 0 Å². The molecule has 5 rings (SSSR count). The molecule has 0 aliphatic heterocycles. The number of rotatable bonds is 5. The molecule has 29 heavy (non-hydrogen) atoms. The van der Waals surface area contributed by atoms with Crippen LogP contribution in [-0.2, 0) is 11.2 Å². The van der Waals surface area contributed by atoms with Gasteiger partial charge in [-0.3, -0.25) is 9.89 Å². The van der Waals surface area contributed by atoms with E-state index in [1.54, 1.807) is 29.8 Å². The number of ether oxygens (including phenoxy) is 1. The van der Waals surface area contributed by atoms with E-state index in [1.165, 1.54) is 10.1 Å². The number of thiophene rings is 2. The molecule has 0 bridgehead atoms. The van der Waals surface area contributed by atoms with E-state index in [9.17, 15) is 4.79 Å². The molecule has 0 aliphatic carbocycles. The first-order chi connectivity index (χ1) is 14.2. The number of hydrogen-bond donors (Lipinski definition) is 2. The van der Waals surface area contributed by atoms with Crippen LogP contribution in [0.25, 0.3) is 31.6 Å². The van der Waals surface area contributed by atoms with Gasteiger partial charge in [0.2, 0.25) is 5.91 Å². The Hall–Kier alpha value is -3.16. The van der Waals surface area contributed by atoms with E-state index >= 15 is 0 Å². The number of carbonyl (C=O) groups is 1. The molecule has 3 aromatic heterocycles. The molecule has 7 heteroatoms. The van der Waals surface area contributed by atoms with Crippen molar-refractivity contribution in [2.24, 2.45) is 0 Å². The Morgan fingerprint density at radius 3 is 2.86 bits per heavy atom. The average molecular weight is 420 g/mol. The number of hydrogen-bond acceptors (Lipinski definition) is 5. The molecule has 0 spiro atoms. The SMILES string of the molecule is COc1c(NC(=O)Cc2cccs2)ccc2[nH]nc(-c3cc4ccccc4s3)c12. The highest BCUT2D eigenvalue weighted by atomic mass is 32.1. The van der Waals surface area contributed by atoms with Crippen molar-refractivity contribution in [2.45, 2.75) is 6.42 Å². The maximum absolute atomic E-state index is 12.5. The van der Waals surface area contributed by atoms with Crippen LogP contribution < -0.4 is 10.1 Å². The second-order valence-electron chi connectivity index (χ2n) is 6.59. The van der Waals surface area contributed by atoms with Gasteiger partial charge in [-0.2, -0.15) is 5.10 Å². The molecule has 1 amide bonds.